The SMILES string of the molecule is CN=C(NCCCNC(=O)c1ccccc1)NCC1(C(=O)N(C)C)CCCC1.I. The van der Waals surface area contributed by atoms with Crippen LogP contribution in [0.5, 0.6) is 0 Å². The Labute approximate surface area is 191 Å². The van der Waals surface area contributed by atoms with Crippen LogP contribution in [0.4, 0.5) is 0 Å². The van der Waals surface area contributed by atoms with E-state index in [4.69, 9.17) is 0 Å². The molecule has 1 aromatic carbocycles. The highest BCUT2D eigenvalue weighted by molar-refractivity contribution is 14.0. The quantitative estimate of drug-likeness (QED) is 0.215. The maximum Gasteiger partial charge on any atom is 0.251 e. The van der Waals surface area contributed by atoms with Gasteiger partial charge in [-0.25, -0.2) is 0 Å². The third-order valence-corrected chi connectivity index (χ3v) is 5.21. The zero-order valence-corrected chi connectivity index (χ0v) is 20.0. The molecule has 2 rings (SSSR count). The highest BCUT2D eigenvalue weighted by Gasteiger charge is 2.42. The Morgan fingerprint density at radius 1 is 1.03 bits per heavy atom. The van der Waals surface area contributed by atoms with Gasteiger partial charge in [-0.3, -0.25) is 14.6 Å². The van der Waals surface area contributed by atoms with Crippen LogP contribution in [-0.2, 0) is 4.79 Å². The number of carbonyl (C=O) groups is 2. The van der Waals surface area contributed by atoms with Gasteiger partial charge in [-0.05, 0) is 31.4 Å². The predicted octanol–water partition coefficient (Wildman–Crippen LogP) is 2.24. The first kappa shape index (κ1) is 25.2. The topological polar surface area (TPSA) is 85.8 Å². The molecule has 0 aliphatic heterocycles. The van der Waals surface area contributed by atoms with Gasteiger partial charge < -0.3 is 20.9 Å². The first-order chi connectivity index (χ1) is 13.5. The summed E-state index contributed by atoms with van der Waals surface area (Å²) in [6.07, 6.45) is 4.79. The van der Waals surface area contributed by atoms with Gasteiger partial charge in [-0.2, -0.15) is 0 Å². The predicted molar refractivity (Wildman–Crippen MR) is 128 cm³/mol. The molecular weight excluding hydrogens is 481 g/mol. The average Bonchev–Trinajstić information content (AvgIpc) is 3.19. The Bertz CT molecular complexity index is 673. The lowest BCUT2D eigenvalue weighted by molar-refractivity contribution is -0.138. The number of hydrogen-bond donors (Lipinski definition) is 3. The molecule has 0 heterocycles. The molecule has 0 radical (unpaired) electrons. The molecule has 0 unspecified atom stereocenters. The van der Waals surface area contributed by atoms with E-state index in [1.165, 1.54) is 0 Å². The minimum absolute atomic E-state index is 0. The number of halogens is 1. The Balaban J connectivity index is 0.00000420. The number of nitrogens with one attached hydrogen (secondary N) is 3. The van der Waals surface area contributed by atoms with Crippen LogP contribution in [0.25, 0.3) is 0 Å². The summed E-state index contributed by atoms with van der Waals surface area (Å²) < 4.78 is 0. The first-order valence-corrected chi connectivity index (χ1v) is 9.98. The van der Waals surface area contributed by atoms with Crippen molar-refractivity contribution in [1.82, 2.24) is 20.9 Å². The lowest BCUT2D eigenvalue weighted by Crippen LogP contribution is -2.49. The van der Waals surface area contributed by atoms with Crippen molar-refractivity contribution in [1.29, 1.82) is 0 Å². The van der Waals surface area contributed by atoms with Crippen LogP contribution in [-0.4, -0.2) is 63.5 Å². The van der Waals surface area contributed by atoms with Crippen molar-refractivity contribution in [3.8, 4) is 0 Å². The van der Waals surface area contributed by atoms with Gasteiger partial charge in [0.2, 0.25) is 5.91 Å². The monoisotopic (exact) mass is 515 g/mol. The van der Waals surface area contributed by atoms with Crippen molar-refractivity contribution >= 4 is 41.8 Å². The molecule has 0 saturated heterocycles. The number of hydrogen-bond acceptors (Lipinski definition) is 3. The van der Waals surface area contributed by atoms with Gasteiger partial charge >= 0.3 is 0 Å². The number of guanidine groups is 1. The number of benzene rings is 1. The van der Waals surface area contributed by atoms with Gasteiger partial charge in [0.25, 0.3) is 5.91 Å². The maximum atomic E-state index is 12.6. The van der Waals surface area contributed by atoms with Crippen molar-refractivity contribution < 1.29 is 9.59 Å². The van der Waals surface area contributed by atoms with Crippen LogP contribution in [0.1, 0.15) is 42.5 Å². The number of aliphatic imine (C=N–C) groups is 1. The number of amides is 2. The summed E-state index contributed by atoms with van der Waals surface area (Å²) in [7, 11) is 5.36. The molecule has 0 spiro atoms. The minimum Gasteiger partial charge on any atom is -0.356 e. The fourth-order valence-corrected chi connectivity index (χ4v) is 3.65. The van der Waals surface area contributed by atoms with Crippen LogP contribution in [0, 0.1) is 5.41 Å². The van der Waals surface area contributed by atoms with Crippen LogP contribution in [0.3, 0.4) is 0 Å². The molecule has 1 aliphatic carbocycles. The second kappa shape index (κ2) is 12.7. The second-order valence-corrected chi connectivity index (χ2v) is 7.52. The van der Waals surface area contributed by atoms with Crippen LogP contribution >= 0.6 is 24.0 Å². The molecule has 162 valence electrons. The van der Waals surface area contributed by atoms with Gasteiger partial charge in [0.05, 0.1) is 5.41 Å². The lowest BCUT2D eigenvalue weighted by Gasteiger charge is -2.31. The van der Waals surface area contributed by atoms with Crippen molar-refractivity contribution in [2.75, 3.05) is 40.8 Å². The number of rotatable bonds is 8. The zero-order valence-electron chi connectivity index (χ0n) is 17.7. The molecule has 1 saturated carbocycles. The van der Waals surface area contributed by atoms with E-state index in [9.17, 15) is 9.59 Å². The van der Waals surface area contributed by atoms with Crippen molar-refractivity contribution in [2.45, 2.75) is 32.1 Å². The normalized spacial score (nSPS) is 15.2. The standard InChI is InChI=1S/C21H33N5O2.HI/c1-22-20(25-16-21(12-7-8-13-21)19(28)26(2)3)24-15-9-14-23-18(27)17-10-5-4-6-11-17;/h4-6,10-11H,7-9,12-16H2,1-3H3,(H,23,27)(H2,22,24,25);1H. The molecule has 3 N–H and O–H groups in total. The summed E-state index contributed by atoms with van der Waals surface area (Å²) in [6.45, 7) is 1.86. The Morgan fingerprint density at radius 3 is 2.24 bits per heavy atom. The fraction of sp³-hybridized carbons (Fsp3) is 0.571. The van der Waals surface area contributed by atoms with Crippen LogP contribution < -0.4 is 16.0 Å². The molecule has 2 amide bonds. The molecule has 0 bridgehead atoms. The van der Waals surface area contributed by atoms with Crippen LogP contribution in [0.2, 0.25) is 0 Å². The summed E-state index contributed by atoms with van der Waals surface area (Å²) in [5.41, 5.74) is 0.338. The van der Waals surface area contributed by atoms with Gasteiger partial charge in [-0.15, -0.1) is 24.0 Å². The van der Waals surface area contributed by atoms with E-state index in [1.807, 2.05) is 32.3 Å². The fourth-order valence-electron chi connectivity index (χ4n) is 3.65. The summed E-state index contributed by atoms with van der Waals surface area (Å²) in [5, 5.41) is 9.48. The molecule has 0 aromatic heterocycles. The van der Waals surface area contributed by atoms with Crippen LogP contribution in [0.15, 0.2) is 35.3 Å². The van der Waals surface area contributed by atoms with Crippen molar-refractivity contribution in [2.24, 2.45) is 10.4 Å². The van der Waals surface area contributed by atoms with Crippen molar-refractivity contribution in [3.63, 3.8) is 0 Å². The summed E-state index contributed by atoms with van der Waals surface area (Å²) in [4.78, 5) is 30.6. The van der Waals surface area contributed by atoms with E-state index < -0.39 is 0 Å². The Kier molecular flexibility index (Phi) is 11.0. The van der Waals surface area contributed by atoms with Crippen molar-refractivity contribution in [3.05, 3.63) is 35.9 Å². The molecule has 1 aromatic rings. The van der Waals surface area contributed by atoms with E-state index in [0.717, 1.165) is 32.1 Å². The molecule has 8 heteroatoms. The molecule has 0 atom stereocenters. The molecule has 7 nitrogen and oxygen atoms in total. The third kappa shape index (κ3) is 7.49. The first-order valence-electron chi connectivity index (χ1n) is 9.98. The molecule has 29 heavy (non-hydrogen) atoms. The second-order valence-electron chi connectivity index (χ2n) is 7.52. The molecule has 1 aliphatic rings. The highest BCUT2D eigenvalue weighted by atomic mass is 127. The summed E-state index contributed by atoms with van der Waals surface area (Å²) in [5.74, 6) is 0.817. The van der Waals surface area contributed by atoms with E-state index in [2.05, 4.69) is 20.9 Å². The highest BCUT2D eigenvalue weighted by Crippen LogP contribution is 2.38. The summed E-state index contributed by atoms with van der Waals surface area (Å²) in [6, 6.07) is 9.19. The van der Waals surface area contributed by atoms with E-state index in [1.54, 1.807) is 24.1 Å². The zero-order chi connectivity index (χ0) is 20.4. The maximum absolute atomic E-state index is 12.6. The van der Waals surface area contributed by atoms with Gasteiger partial charge in [-0.1, -0.05) is 31.0 Å². The lowest BCUT2D eigenvalue weighted by atomic mass is 9.84. The largest absolute Gasteiger partial charge is 0.356 e. The summed E-state index contributed by atoms with van der Waals surface area (Å²) >= 11 is 0. The number of nitrogens with zero attached hydrogens (tertiary/aromatic N) is 2. The molecular formula is C21H34IN5O2. The van der Waals surface area contributed by atoms with Gasteiger partial charge in [0, 0.05) is 46.3 Å². The van der Waals surface area contributed by atoms with E-state index in [0.29, 0.717) is 31.2 Å². The molecule has 1 fully saturated rings. The minimum atomic E-state index is -0.329. The number of carbonyl (C=O) groups excluding carboxylic acids is 2. The van der Waals surface area contributed by atoms with E-state index >= 15 is 0 Å². The van der Waals surface area contributed by atoms with E-state index in [-0.39, 0.29) is 41.2 Å². The third-order valence-electron chi connectivity index (χ3n) is 5.21. The average molecular weight is 515 g/mol. The smallest absolute Gasteiger partial charge is 0.251 e. The van der Waals surface area contributed by atoms with Gasteiger partial charge in [0.15, 0.2) is 5.96 Å². The van der Waals surface area contributed by atoms with Gasteiger partial charge in [0.1, 0.15) is 0 Å². The Hall–Kier alpha value is -1.84. The Morgan fingerprint density at radius 2 is 1.66 bits per heavy atom.